The van der Waals surface area contributed by atoms with Crippen LogP contribution in [0.1, 0.15) is 56.7 Å². The Morgan fingerprint density at radius 2 is 1.91 bits per heavy atom. The molecule has 4 rings (SSSR count). The molecule has 1 aromatic carbocycles. The van der Waals surface area contributed by atoms with Crippen molar-refractivity contribution in [2.24, 2.45) is 5.92 Å². The van der Waals surface area contributed by atoms with Crippen molar-refractivity contribution in [2.45, 2.75) is 57.4 Å². The highest BCUT2D eigenvalue weighted by Gasteiger charge is 2.42. The molecule has 1 saturated carbocycles. The number of fused-ring (bicyclic) bond motifs is 1. The van der Waals surface area contributed by atoms with E-state index >= 15 is 0 Å². The molecule has 22 heavy (non-hydrogen) atoms. The van der Waals surface area contributed by atoms with Gasteiger partial charge >= 0.3 is 0 Å². The van der Waals surface area contributed by atoms with Crippen LogP contribution in [-0.4, -0.2) is 18.0 Å². The van der Waals surface area contributed by atoms with Gasteiger partial charge in [0, 0.05) is 9.58 Å². The van der Waals surface area contributed by atoms with Crippen LogP contribution in [-0.2, 0) is 5.54 Å². The third-order valence-electron chi connectivity index (χ3n) is 5.82. The molecule has 0 bridgehead atoms. The number of likely N-dealkylation sites (tertiary alicyclic amines) is 1. The normalized spacial score (nSPS) is 30.7. The lowest BCUT2D eigenvalue weighted by Crippen LogP contribution is -2.50. The molecule has 1 nitrogen and oxygen atoms in total. The highest BCUT2D eigenvalue weighted by molar-refractivity contribution is 7.19. The third kappa shape index (κ3) is 2.51. The van der Waals surface area contributed by atoms with Crippen molar-refractivity contribution in [2.75, 3.05) is 13.1 Å². The van der Waals surface area contributed by atoms with E-state index in [0.29, 0.717) is 5.54 Å². The second-order valence-corrected chi connectivity index (χ2v) is 8.51. The number of hydrogen-bond acceptors (Lipinski definition) is 2. The molecule has 0 N–H and O–H groups in total. The molecule has 2 atom stereocenters. The molecule has 2 fully saturated rings. The molecule has 1 aliphatic carbocycles. The number of nitrogens with zero attached hydrogens (tertiary/aromatic N) is 1. The maximum atomic E-state index is 2.86. The molecule has 1 aromatic heterocycles. The lowest BCUT2D eigenvalue weighted by molar-refractivity contribution is 0.0171. The predicted octanol–water partition coefficient (Wildman–Crippen LogP) is 5.79. The number of benzene rings is 1. The summed E-state index contributed by atoms with van der Waals surface area (Å²) in [5.74, 6) is 0.862. The molecule has 0 unspecified atom stereocenters. The van der Waals surface area contributed by atoms with Gasteiger partial charge in [0.15, 0.2) is 0 Å². The topological polar surface area (TPSA) is 3.24 Å². The SMILES string of the molecule is C[C@H]1CCC[C@](c2cc3ccccc3s2)(N2CCCCC2)C1. The van der Waals surface area contributed by atoms with Crippen molar-refractivity contribution in [1.82, 2.24) is 4.90 Å². The fourth-order valence-electron chi connectivity index (χ4n) is 4.72. The van der Waals surface area contributed by atoms with E-state index < -0.39 is 0 Å². The molecule has 1 saturated heterocycles. The Balaban J connectivity index is 1.78. The van der Waals surface area contributed by atoms with Gasteiger partial charge in [0.25, 0.3) is 0 Å². The minimum absolute atomic E-state index is 0.335. The Hall–Kier alpha value is -0.860. The van der Waals surface area contributed by atoms with Gasteiger partial charge in [0.05, 0.1) is 5.54 Å². The van der Waals surface area contributed by atoms with Gasteiger partial charge in [0.2, 0.25) is 0 Å². The summed E-state index contributed by atoms with van der Waals surface area (Å²) in [5.41, 5.74) is 0.335. The van der Waals surface area contributed by atoms with Crippen LogP contribution in [0.25, 0.3) is 10.1 Å². The first kappa shape index (κ1) is 14.7. The van der Waals surface area contributed by atoms with Crippen LogP contribution >= 0.6 is 11.3 Å². The van der Waals surface area contributed by atoms with Crippen LogP contribution in [0.5, 0.6) is 0 Å². The summed E-state index contributed by atoms with van der Waals surface area (Å²) < 4.78 is 1.46. The van der Waals surface area contributed by atoms with Gasteiger partial charge in [-0.15, -0.1) is 11.3 Å². The first-order chi connectivity index (χ1) is 10.8. The van der Waals surface area contributed by atoms with E-state index in [4.69, 9.17) is 0 Å². The molecule has 0 amide bonds. The first-order valence-corrected chi connectivity index (χ1v) is 9.84. The molecular formula is C20H27NS. The van der Waals surface area contributed by atoms with Crippen LogP contribution in [0.4, 0.5) is 0 Å². The highest BCUT2D eigenvalue weighted by Crippen LogP contribution is 2.48. The zero-order valence-corrected chi connectivity index (χ0v) is 14.5. The van der Waals surface area contributed by atoms with E-state index in [0.717, 1.165) is 5.92 Å². The van der Waals surface area contributed by atoms with Gasteiger partial charge in [-0.2, -0.15) is 0 Å². The lowest BCUT2D eigenvalue weighted by atomic mass is 9.73. The van der Waals surface area contributed by atoms with Crippen LogP contribution in [0, 0.1) is 5.92 Å². The predicted molar refractivity (Wildman–Crippen MR) is 96.6 cm³/mol. The van der Waals surface area contributed by atoms with Gasteiger partial charge in [-0.1, -0.05) is 44.4 Å². The van der Waals surface area contributed by atoms with Gasteiger partial charge in [-0.3, -0.25) is 4.90 Å². The van der Waals surface area contributed by atoms with Crippen molar-refractivity contribution >= 4 is 21.4 Å². The smallest absolute Gasteiger partial charge is 0.0556 e. The summed E-state index contributed by atoms with van der Waals surface area (Å²) in [6.45, 7) is 5.08. The van der Waals surface area contributed by atoms with Gasteiger partial charge in [-0.25, -0.2) is 0 Å². The first-order valence-electron chi connectivity index (χ1n) is 9.02. The molecule has 2 aliphatic rings. The molecule has 0 radical (unpaired) electrons. The van der Waals surface area contributed by atoms with Crippen LogP contribution in [0.3, 0.4) is 0 Å². The van der Waals surface area contributed by atoms with E-state index in [-0.39, 0.29) is 0 Å². The van der Waals surface area contributed by atoms with E-state index in [1.165, 1.54) is 68.1 Å². The standard InChI is InChI=1S/C20H27NS/c1-16-8-7-11-20(15-16,21-12-5-2-6-13-21)19-14-17-9-3-4-10-18(17)22-19/h3-4,9-10,14,16H,2,5-8,11-13,15H2,1H3/t16-,20-/m0/s1. The molecule has 118 valence electrons. The fourth-order valence-corrected chi connectivity index (χ4v) is 6.04. The zero-order chi connectivity index (χ0) is 15.0. The van der Waals surface area contributed by atoms with Crippen LogP contribution in [0.15, 0.2) is 30.3 Å². The van der Waals surface area contributed by atoms with E-state index in [1.807, 2.05) is 0 Å². The minimum Gasteiger partial charge on any atom is -0.293 e. The average Bonchev–Trinajstić information content (AvgIpc) is 3.00. The maximum absolute atomic E-state index is 2.86. The van der Waals surface area contributed by atoms with Gasteiger partial charge in [0.1, 0.15) is 0 Å². The van der Waals surface area contributed by atoms with Crippen LogP contribution < -0.4 is 0 Å². The van der Waals surface area contributed by atoms with Crippen molar-refractivity contribution in [3.63, 3.8) is 0 Å². The molecular weight excluding hydrogens is 286 g/mol. The number of thiophene rings is 1. The number of hydrogen-bond donors (Lipinski definition) is 0. The Labute approximate surface area is 138 Å². The van der Waals surface area contributed by atoms with Crippen molar-refractivity contribution in [1.29, 1.82) is 0 Å². The maximum Gasteiger partial charge on any atom is 0.0556 e. The highest BCUT2D eigenvalue weighted by atomic mass is 32.1. The fraction of sp³-hybridized carbons (Fsp3) is 0.600. The summed E-state index contributed by atoms with van der Waals surface area (Å²) in [6, 6.07) is 11.4. The summed E-state index contributed by atoms with van der Waals surface area (Å²) in [4.78, 5) is 4.50. The third-order valence-corrected chi connectivity index (χ3v) is 7.13. The molecule has 2 aromatic rings. The van der Waals surface area contributed by atoms with E-state index in [1.54, 1.807) is 4.88 Å². The van der Waals surface area contributed by atoms with Crippen molar-refractivity contribution < 1.29 is 0 Å². The Kier molecular flexibility index (Phi) is 4.00. The summed E-state index contributed by atoms with van der Waals surface area (Å²) in [7, 11) is 0. The second-order valence-electron chi connectivity index (χ2n) is 7.43. The number of piperidine rings is 1. The average molecular weight is 314 g/mol. The van der Waals surface area contributed by atoms with Crippen LogP contribution in [0.2, 0.25) is 0 Å². The summed E-state index contributed by atoms with van der Waals surface area (Å²) >= 11 is 2.06. The van der Waals surface area contributed by atoms with Gasteiger partial charge < -0.3 is 0 Å². The Morgan fingerprint density at radius 3 is 2.68 bits per heavy atom. The zero-order valence-electron chi connectivity index (χ0n) is 13.7. The van der Waals surface area contributed by atoms with E-state index in [2.05, 4.69) is 53.5 Å². The molecule has 2 heterocycles. The van der Waals surface area contributed by atoms with Crippen molar-refractivity contribution in [3.8, 4) is 0 Å². The van der Waals surface area contributed by atoms with Gasteiger partial charge in [-0.05, 0) is 62.2 Å². The summed E-state index contributed by atoms with van der Waals surface area (Å²) in [6.07, 6.45) is 9.74. The monoisotopic (exact) mass is 313 g/mol. The molecule has 2 heteroatoms. The lowest BCUT2D eigenvalue weighted by Gasteiger charge is -2.49. The number of rotatable bonds is 2. The molecule has 1 aliphatic heterocycles. The molecule has 0 spiro atoms. The second kappa shape index (κ2) is 5.98. The quantitative estimate of drug-likeness (QED) is 0.678. The van der Waals surface area contributed by atoms with Crippen molar-refractivity contribution in [3.05, 3.63) is 35.2 Å². The summed E-state index contributed by atoms with van der Waals surface area (Å²) in [5, 5.41) is 1.44. The Morgan fingerprint density at radius 1 is 1.09 bits per heavy atom. The Bertz CT molecular complexity index is 607. The minimum atomic E-state index is 0.335. The van der Waals surface area contributed by atoms with E-state index in [9.17, 15) is 0 Å². The largest absolute Gasteiger partial charge is 0.293 e.